The highest BCUT2D eigenvalue weighted by Gasteiger charge is 2.41. The van der Waals surface area contributed by atoms with Gasteiger partial charge in [-0.15, -0.1) is 0 Å². The van der Waals surface area contributed by atoms with Gasteiger partial charge in [0.05, 0.1) is 0 Å². The number of carbonyl (C=O) groups excluding carboxylic acids is 3. The molecule has 19 heavy (non-hydrogen) atoms. The van der Waals surface area contributed by atoms with Crippen molar-refractivity contribution >= 4 is 17.3 Å². The highest BCUT2D eigenvalue weighted by molar-refractivity contribution is 6.20. The van der Waals surface area contributed by atoms with Gasteiger partial charge in [-0.3, -0.25) is 14.4 Å². The van der Waals surface area contributed by atoms with Crippen LogP contribution in [-0.2, 0) is 14.4 Å². The average Bonchev–Trinajstić information content (AvgIpc) is 2.39. The standard InChI is InChI=1S/C16H22O3/c1-2-6-13(17)16-14(18)9-12(10-15(16)19)11-7-4-3-5-8-11/h3-4,11-12,16H,2,5-10H2,1H3. The Morgan fingerprint density at radius 3 is 2.37 bits per heavy atom. The average molecular weight is 262 g/mol. The fraction of sp³-hybridized carbons (Fsp3) is 0.688. The summed E-state index contributed by atoms with van der Waals surface area (Å²) in [5.74, 6) is -0.755. The fourth-order valence-corrected chi connectivity index (χ4v) is 3.33. The molecule has 1 saturated carbocycles. The molecule has 2 aliphatic carbocycles. The van der Waals surface area contributed by atoms with E-state index in [2.05, 4.69) is 12.2 Å². The van der Waals surface area contributed by atoms with Crippen LogP contribution in [0.25, 0.3) is 0 Å². The Hall–Kier alpha value is -1.25. The van der Waals surface area contributed by atoms with Crippen molar-refractivity contribution in [3.8, 4) is 0 Å². The highest BCUT2D eigenvalue weighted by Crippen LogP contribution is 2.36. The molecule has 2 rings (SSSR count). The van der Waals surface area contributed by atoms with Gasteiger partial charge in [-0.2, -0.15) is 0 Å². The Balaban J connectivity index is 2.01. The number of rotatable bonds is 4. The largest absolute Gasteiger partial charge is 0.298 e. The van der Waals surface area contributed by atoms with E-state index in [1.165, 1.54) is 0 Å². The van der Waals surface area contributed by atoms with Crippen LogP contribution in [0.5, 0.6) is 0 Å². The van der Waals surface area contributed by atoms with Gasteiger partial charge in [0.15, 0.2) is 17.3 Å². The molecule has 3 nitrogen and oxygen atoms in total. The second kappa shape index (κ2) is 6.27. The van der Waals surface area contributed by atoms with Crippen molar-refractivity contribution in [2.45, 2.75) is 51.9 Å². The van der Waals surface area contributed by atoms with E-state index in [1.54, 1.807) is 0 Å². The number of Topliss-reactive ketones (excluding diaryl/α,β-unsaturated/α-hetero) is 3. The molecule has 0 radical (unpaired) electrons. The molecule has 0 bridgehead atoms. The van der Waals surface area contributed by atoms with E-state index in [-0.39, 0.29) is 23.3 Å². The van der Waals surface area contributed by atoms with E-state index in [4.69, 9.17) is 0 Å². The Morgan fingerprint density at radius 1 is 1.16 bits per heavy atom. The molecular formula is C16H22O3. The molecule has 1 fully saturated rings. The maximum absolute atomic E-state index is 12.1. The van der Waals surface area contributed by atoms with Gasteiger partial charge in [0, 0.05) is 19.3 Å². The van der Waals surface area contributed by atoms with Crippen molar-refractivity contribution in [3.05, 3.63) is 12.2 Å². The molecule has 0 heterocycles. The lowest BCUT2D eigenvalue weighted by atomic mass is 9.70. The van der Waals surface area contributed by atoms with E-state index in [9.17, 15) is 14.4 Å². The topological polar surface area (TPSA) is 51.2 Å². The second-order valence-electron chi connectivity index (χ2n) is 5.79. The van der Waals surface area contributed by atoms with Crippen molar-refractivity contribution < 1.29 is 14.4 Å². The summed E-state index contributed by atoms with van der Waals surface area (Å²) in [6.07, 6.45) is 9.28. The van der Waals surface area contributed by atoms with Crippen molar-refractivity contribution in [2.75, 3.05) is 0 Å². The minimum Gasteiger partial charge on any atom is -0.298 e. The summed E-state index contributed by atoms with van der Waals surface area (Å²) < 4.78 is 0. The molecule has 2 aliphatic rings. The van der Waals surface area contributed by atoms with Gasteiger partial charge in [0.1, 0.15) is 5.92 Å². The number of carbonyl (C=O) groups is 3. The molecule has 0 N–H and O–H groups in total. The van der Waals surface area contributed by atoms with E-state index in [0.717, 1.165) is 19.3 Å². The molecule has 0 saturated heterocycles. The molecule has 0 spiro atoms. The monoisotopic (exact) mass is 262 g/mol. The molecule has 0 aromatic rings. The Labute approximate surface area is 114 Å². The van der Waals surface area contributed by atoms with E-state index in [0.29, 0.717) is 31.6 Å². The van der Waals surface area contributed by atoms with Crippen LogP contribution in [0.4, 0.5) is 0 Å². The summed E-state index contributed by atoms with van der Waals surface area (Å²) in [7, 11) is 0. The maximum atomic E-state index is 12.1. The van der Waals surface area contributed by atoms with E-state index < -0.39 is 5.92 Å². The maximum Gasteiger partial charge on any atom is 0.151 e. The number of hydrogen-bond acceptors (Lipinski definition) is 3. The van der Waals surface area contributed by atoms with E-state index >= 15 is 0 Å². The third kappa shape index (κ3) is 3.20. The summed E-state index contributed by atoms with van der Waals surface area (Å²) in [6, 6.07) is 0. The lowest BCUT2D eigenvalue weighted by Crippen LogP contribution is -2.40. The van der Waals surface area contributed by atoms with Crippen LogP contribution in [-0.4, -0.2) is 17.3 Å². The first-order chi connectivity index (χ1) is 9.13. The third-order valence-electron chi connectivity index (χ3n) is 4.37. The third-order valence-corrected chi connectivity index (χ3v) is 4.37. The van der Waals surface area contributed by atoms with Crippen molar-refractivity contribution in [1.29, 1.82) is 0 Å². The quantitative estimate of drug-likeness (QED) is 0.578. The van der Waals surface area contributed by atoms with Gasteiger partial charge in [0.2, 0.25) is 0 Å². The van der Waals surface area contributed by atoms with Crippen LogP contribution < -0.4 is 0 Å². The predicted octanol–water partition coefficient (Wildman–Crippen LogP) is 2.88. The van der Waals surface area contributed by atoms with Gasteiger partial charge in [-0.1, -0.05) is 19.1 Å². The van der Waals surface area contributed by atoms with E-state index in [1.807, 2.05) is 6.92 Å². The number of allylic oxidation sites excluding steroid dienone is 2. The Kier molecular flexibility index (Phi) is 4.67. The summed E-state index contributed by atoms with van der Waals surface area (Å²) in [4.78, 5) is 36.1. The van der Waals surface area contributed by atoms with Gasteiger partial charge in [-0.25, -0.2) is 0 Å². The summed E-state index contributed by atoms with van der Waals surface area (Å²) in [5, 5.41) is 0. The number of hydrogen-bond donors (Lipinski definition) is 0. The fourth-order valence-electron chi connectivity index (χ4n) is 3.33. The minimum absolute atomic E-state index is 0.130. The first kappa shape index (κ1) is 14.2. The Bertz CT molecular complexity index is 390. The summed E-state index contributed by atoms with van der Waals surface area (Å²) in [6.45, 7) is 1.90. The van der Waals surface area contributed by atoms with Crippen LogP contribution in [0.1, 0.15) is 51.9 Å². The molecule has 0 amide bonds. The molecule has 3 heteroatoms. The van der Waals surface area contributed by atoms with Crippen LogP contribution in [0.3, 0.4) is 0 Å². The SMILES string of the molecule is CCCC(=O)C1C(=O)CC(C2CC=CCC2)CC1=O. The summed E-state index contributed by atoms with van der Waals surface area (Å²) >= 11 is 0. The first-order valence-electron chi connectivity index (χ1n) is 7.36. The van der Waals surface area contributed by atoms with Gasteiger partial charge in [-0.05, 0) is 37.5 Å². The summed E-state index contributed by atoms with van der Waals surface area (Å²) in [5.41, 5.74) is 0. The molecule has 1 atom stereocenters. The molecule has 1 unspecified atom stereocenters. The molecule has 104 valence electrons. The van der Waals surface area contributed by atoms with Crippen molar-refractivity contribution in [3.63, 3.8) is 0 Å². The Morgan fingerprint density at radius 2 is 1.84 bits per heavy atom. The van der Waals surface area contributed by atoms with Gasteiger partial charge >= 0.3 is 0 Å². The van der Waals surface area contributed by atoms with Crippen molar-refractivity contribution in [2.24, 2.45) is 17.8 Å². The predicted molar refractivity (Wildman–Crippen MR) is 72.6 cm³/mol. The van der Waals surface area contributed by atoms with Gasteiger partial charge < -0.3 is 0 Å². The molecule has 0 aromatic heterocycles. The molecule has 0 aliphatic heterocycles. The zero-order valence-electron chi connectivity index (χ0n) is 11.6. The van der Waals surface area contributed by atoms with Crippen LogP contribution in [0.15, 0.2) is 12.2 Å². The lowest BCUT2D eigenvalue weighted by Gasteiger charge is -2.32. The van der Waals surface area contributed by atoms with Crippen LogP contribution in [0.2, 0.25) is 0 Å². The van der Waals surface area contributed by atoms with Gasteiger partial charge in [0.25, 0.3) is 0 Å². The minimum atomic E-state index is -0.935. The number of ketones is 3. The zero-order chi connectivity index (χ0) is 13.8. The smallest absolute Gasteiger partial charge is 0.151 e. The highest BCUT2D eigenvalue weighted by atomic mass is 16.2. The first-order valence-corrected chi connectivity index (χ1v) is 7.36. The molecule has 0 aromatic carbocycles. The molecular weight excluding hydrogens is 240 g/mol. The normalized spacial score (nSPS) is 31.5. The van der Waals surface area contributed by atoms with Crippen LogP contribution in [0, 0.1) is 17.8 Å². The second-order valence-corrected chi connectivity index (χ2v) is 5.79. The van der Waals surface area contributed by atoms with Crippen LogP contribution >= 0.6 is 0 Å². The zero-order valence-corrected chi connectivity index (χ0v) is 11.6. The van der Waals surface area contributed by atoms with Crippen molar-refractivity contribution in [1.82, 2.24) is 0 Å². The lowest BCUT2D eigenvalue weighted by molar-refractivity contribution is -0.144.